The number of aryl methyl sites for hydroxylation is 1. The molecule has 0 fully saturated rings. The molecule has 0 spiro atoms. The summed E-state index contributed by atoms with van der Waals surface area (Å²) in [5.74, 6) is -0.654. The molecule has 29 heavy (non-hydrogen) atoms. The Labute approximate surface area is 170 Å². The lowest BCUT2D eigenvalue weighted by molar-refractivity contribution is -0.133. The molecule has 0 aromatic heterocycles. The highest BCUT2D eigenvalue weighted by molar-refractivity contribution is 5.90. The number of hydrogen-bond donors (Lipinski definition) is 2. The molecule has 0 saturated carbocycles. The smallest absolute Gasteiger partial charge is 0.279 e. The highest BCUT2D eigenvalue weighted by Crippen LogP contribution is 2.24. The Morgan fingerprint density at radius 1 is 0.724 bits per heavy atom. The minimum absolute atomic E-state index is 0.321. The first-order valence-electron chi connectivity index (χ1n) is 9.48. The van der Waals surface area contributed by atoms with Crippen LogP contribution in [0.2, 0.25) is 0 Å². The molecule has 1 unspecified atom stereocenters. The highest BCUT2D eigenvalue weighted by Gasteiger charge is 2.24. The third-order valence-corrected chi connectivity index (χ3v) is 4.60. The maximum atomic E-state index is 12.9. The molecule has 2 amide bonds. The van der Waals surface area contributed by atoms with Crippen molar-refractivity contribution in [2.45, 2.75) is 25.9 Å². The second-order valence-corrected chi connectivity index (χ2v) is 6.76. The molecule has 2 N–H and O–H groups in total. The summed E-state index contributed by atoms with van der Waals surface area (Å²) >= 11 is 0. The van der Waals surface area contributed by atoms with Crippen LogP contribution >= 0.6 is 0 Å². The van der Waals surface area contributed by atoms with E-state index in [9.17, 15) is 9.59 Å². The monoisotopic (exact) mass is 388 g/mol. The van der Waals surface area contributed by atoms with Gasteiger partial charge in [0.2, 0.25) is 5.91 Å². The fourth-order valence-corrected chi connectivity index (χ4v) is 3.02. The third kappa shape index (κ3) is 5.23. The molecule has 0 bridgehead atoms. The normalized spacial score (nSPS) is 11.6. The van der Waals surface area contributed by atoms with Crippen LogP contribution in [0.3, 0.4) is 0 Å². The lowest BCUT2D eigenvalue weighted by Crippen LogP contribution is -2.48. The molecule has 0 aliphatic rings. The SMILES string of the molecule is Cc1ccccc1OC(C)C(=O)NNC(=O)C(c1ccccc1)c1ccccc1. The number of carbonyl (C=O) groups is 2. The van der Waals surface area contributed by atoms with Crippen LogP contribution in [-0.4, -0.2) is 17.9 Å². The number of carbonyl (C=O) groups excluding carboxylic acids is 2. The fraction of sp³-hybridized carbons (Fsp3) is 0.167. The Bertz CT molecular complexity index is 919. The van der Waals surface area contributed by atoms with Crippen LogP contribution in [0.25, 0.3) is 0 Å². The molecule has 3 aromatic carbocycles. The van der Waals surface area contributed by atoms with Gasteiger partial charge in [-0.15, -0.1) is 0 Å². The van der Waals surface area contributed by atoms with Crippen molar-refractivity contribution in [3.05, 3.63) is 102 Å². The number of hydrazine groups is 1. The van der Waals surface area contributed by atoms with Crippen molar-refractivity contribution in [1.29, 1.82) is 0 Å². The van der Waals surface area contributed by atoms with Crippen LogP contribution in [0.5, 0.6) is 5.75 Å². The Hall–Kier alpha value is -3.60. The Morgan fingerprint density at radius 2 is 1.21 bits per heavy atom. The number of ether oxygens (including phenoxy) is 1. The second kappa shape index (κ2) is 9.55. The quantitative estimate of drug-likeness (QED) is 0.632. The zero-order chi connectivity index (χ0) is 20.6. The van der Waals surface area contributed by atoms with Gasteiger partial charge in [-0.25, -0.2) is 0 Å². The summed E-state index contributed by atoms with van der Waals surface area (Å²) in [6.07, 6.45) is -0.761. The van der Waals surface area contributed by atoms with Gasteiger partial charge >= 0.3 is 0 Å². The maximum Gasteiger partial charge on any atom is 0.279 e. The number of nitrogens with one attached hydrogen (secondary N) is 2. The largest absolute Gasteiger partial charge is 0.481 e. The van der Waals surface area contributed by atoms with Gasteiger partial charge in [0.05, 0.1) is 5.92 Å². The average Bonchev–Trinajstić information content (AvgIpc) is 2.75. The van der Waals surface area contributed by atoms with E-state index in [1.54, 1.807) is 13.0 Å². The van der Waals surface area contributed by atoms with Gasteiger partial charge in [-0.3, -0.25) is 20.4 Å². The minimum atomic E-state index is -0.761. The van der Waals surface area contributed by atoms with Crippen molar-refractivity contribution in [3.8, 4) is 5.75 Å². The average molecular weight is 388 g/mol. The first-order chi connectivity index (χ1) is 14.1. The third-order valence-electron chi connectivity index (χ3n) is 4.60. The van der Waals surface area contributed by atoms with Crippen LogP contribution in [0, 0.1) is 6.92 Å². The van der Waals surface area contributed by atoms with Crippen molar-refractivity contribution < 1.29 is 14.3 Å². The lowest BCUT2D eigenvalue weighted by atomic mass is 9.91. The summed E-state index contributed by atoms with van der Waals surface area (Å²) in [7, 11) is 0. The summed E-state index contributed by atoms with van der Waals surface area (Å²) in [6, 6.07) is 26.4. The number of amides is 2. The first-order valence-corrected chi connectivity index (χ1v) is 9.48. The van der Waals surface area contributed by atoms with Gasteiger partial charge in [-0.1, -0.05) is 78.9 Å². The van der Waals surface area contributed by atoms with Crippen molar-refractivity contribution in [3.63, 3.8) is 0 Å². The van der Waals surface area contributed by atoms with Gasteiger partial charge in [0.15, 0.2) is 6.10 Å². The predicted octanol–water partition coefficient (Wildman–Crippen LogP) is 3.74. The first kappa shape index (κ1) is 20.1. The Kier molecular flexibility index (Phi) is 6.63. The van der Waals surface area contributed by atoms with Crippen LogP contribution in [0.15, 0.2) is 84.9 Å². The van der Waals surface area contributed by atoms with E-state index >= 15 is 0 Å². The zero-order valence-electron chi connectivity index (χ0n) is 16.5. The molecule has 5 heteroatoms. The number of hydrogen-bond acceptors (Lipinski definition) is 3. The minimum Gasteiger partial charge on any atom is -0.481 e. The summed E-state index contributed by atoms with van der Waals surface area (Å²) < 4.78 is 5.71. The van der Waals surface area contributed by atoms with Crippen molar-refractivity contribution in [2.75, 3.05) is 0 Å². The Morgan fingerprint density at radius 3 is 1.76 bits per heavy atom. The molecule has 0 aliphatic heterocycles. The van der Waals surface area contributed by atoms with Crippen LogP contribution in [0.1, 0.15) is 29.5 Å². The molecule has 0 radical (unpaired) electrons. The van der Waals surface area contributed by atoms with Crippen molar-refractivity contribution >= 4 is 11.8 Å². The van der Waals surface area contributed by atoms with Gasteiger partial charge in [-0.05, 0) is 36.6 Å². The highest BCUT2D eigenvalue weighted by atomic mass is 16.5. The number of rotatable bonds is 6. The van der Waals surface area contributed by atoms with E-state index < -0.39 is 17.9 Å². The number of para-hydroxylation sites is 1. The zero-order valence-corrected chi connectivity index (χ0v) is 16.5. The topological polar surface area (TPSA) is 67.4 Å². The van der Waals surface area contributed by atoms with Crippen molar-refractivity contribution in [1.82, 2.24) is 10.9 Å². The molecule has 148 valence electrons. The molecule has 0 saturated heterocycles. The Balaban J connectivity index is 1.67. The van der Waals surface area contributed by atoms with Gasteiger partial charge in [-0.2, -0.15) is 0 Å². The van der Waals surface area contributed by atoms with Crippen LogP contribution in [-0.2, 0) is 9.59 Å². The number of benzene rings is 3. The van der Waals surface area contributed by atoms with Crippen molar-refractivity contribution in [2.24, 2.45) is 0 Å². The predicted molar refractivity (Wildman–Crippen MR) is 112 cm³/mol. The van der Waals surface area contributed by atoms with Gasteiger partial charge in [0.1, 0.15) is 5.75 Å². The molecule has 3 rings (SSSR count). The van der Waals surface area contributed by atoms with Gasteiger partial charge in [0, 0.05) is 0 Å². The molecule has 0 heterocycles. The molecular formula is C24H24N2O3. The molecule has 5 nitrogen and oxygen atoms in total. The molecule has 3 aromatic rings. The fourth-order valence-electron chi connectivity index (χ4n) is 3.02. The molecule has 0 aliphatic carbocycles. The van der Waals surface area contributed by atoms with Gasteiger partial charge < -0.3 is 4.74 Å². The summed E-state index contributed by atoms with van der Waals surface area (Å²) in [6.45, 7) is 3.55. The van der Waals surface area contributed by atoms with E-state index in [1.807, 2.05) is 85.8 Å². The maximum absolute atomic E-state index is 12.9. The van der Waals surface area contributed by atoms with E-state index in [0.29, 0.717) is 5.75 Å². The standard InChI is InChI=1S/C24H24N2O3/c1-17-11-9-10-16-21(17)29-18(2)23(27)25-26-24(28)22(19-12-5-3-6-13-19)20-14-7-4-8-15-20/h3-16,18,22H,1-2H3,(H,25,27)(H,26,28). The van der Waals surface area contributed by atoms with E-state index in [0.717, 1.165) is 16.7 Å². The summed E-state index contributed by atoms with van der Waals surface area (Å²) in [5.41, 5.74) is 7.64. The van der Waals surface area contributed by atoms with E-state index in [2.05, 4.69) is 10.9 Å². The van der Waals surface area contributed by atoms with Crippen LogP contribution in [0.4, 0.5) is 0 Å². The summed E-state index contributed by atoms with van der Waals surface area (Å²) in [4.78, 5) is 25.3. The summed E-state index contributed by atoms with van der Waals surface area (Å²) in [5, 5.41) is 0. The van der Waals surface area contributed by atoms with E-state index in [1.165, 1.54) is 0 Å². The second-order valence-electron chi connectivity index (χ2n) is 6.76. The lowest BCUT2D eigenvalue weighted by Gasteiger charge is -2.20. The van der Waals surface area contributed by atoms with E-state index in [-0.39, 0.29) is 5.91 Å². The molecule has 1 atom stereocenters. The van der Waals surface area contributed by atoms with E-state index in [4.69, 9.17) is 4.74 Å². The van der Waals surface area contributed by atoms with Crippen LogP contribution < -0.4 is 15.6 Å². The molecular weight excluding hydrogens is 364 g/mol. The van der Waals surface area contributed by atoms with Gasteiger partial charge in [0.25, 0.3) is 5.91 Å².